The summed E-state index contributed by atoms with van der Waals surface area (Å²) in [7, 11) is -3.55. The standard InChI is InChI=1S/C24H29N5O3S/c30-23(20-6-9-22-25-13-15-28(22)17-20)26-16-19-4-7-21(8-5-19)33(31,32)29-14-3-11-24(18-29)10-1-2-12-27-24/h4-9,13,15,17,27H,1-3,10-12,14,16,18H2,(H,26,30). The first-order valence-electron chi connectivity index (χ1n) is 11.5. The number of piperidine rings is 2. The van der Waals surface area contributed by atoms with Gasteiger partial charge in [0.1, 0.15) is 5.65 Å². The number of rotatable bonds is 5. The SMILES string of the molecule is O=C(NCc1ccc(S(=O)(=O)N2CCCC3(CCCCN3)C2)cc1)c1ccc2nccn2c1. The summed E-state index contributed by atoms with van der Waals surface area (Å²) in [5, 5.41) is 6.49. The zero-order chi connectivity index (χ0) is 22.9. The van der Waals surface area contributed by atoms with Gasteiger partial charge in [0.2, 0.25) is 10.0 Å². The molecule has 2 fully saturated rings. The first kappa shape index (κ1) is 22.1. The molecule has 3 aromatic rings. The maximum absolute atomic E-state index is 13.3. The second-order valence-corrected chi connectivity index (χ2v) is 11.0. The molecule has 9 heteroatoms. The second kappa shape index (κ2) is 8.89. The molecule has 2 aliphatic heterocycles. The van der Waals surface area contributed by atoms with E-state index in [4.69, 9.17) is 0 Å². The predicted octanol–water partition coefficient (Wildman–Crippen LogP) is 2.56. The van der Waals surface area contributed by atoms with Gasteiger partial charge in [-0.25, -0.2) is 13.4 Å². The summed E-state index contributed by atoms with van der Waals surface area (Å²) < 4.78 is 30.0. The van der Waals surface area contributed by atoms with Gasteiger partial charge in [-0.15, -0.1) is 0 Å². The van der Waals surface area contributed by atoms with Crippen molar-refractivity contribution in [2.75, 3.05) is 19.6 Å². The molecule has 4 heterocycles. The summed E-state index contributed by atoms with van der Waals surface area (Å²) >= 11 is 0. The van der Waals surface area contributed by atoms with E-state index in [0.29, 0.717) is 30.1 Å². The van der Waals surface area contributed by atoms with Crippen LogP contribution in [0.1, 0.15) is 48.0 Å². The smallest absolute Gasteiger partial charge is 0.253 e. The Labute approximate surface area is 194 Å². The number of nitrogens with one attached hydrogen (secondary N) is 2. The van der Waals surface area contributed by atoms with Crippen molar-refractivity contribution in [2.24, 2.45) is 0 Å². The molecule has 2 N–H and O–H groups in total. The van der Waals surface area contributed by atoms with Crippen LogP contribution >= 0.6 is 0 Å². The molecule has 0 aliphatic carbocycles. The van der Waals surface area contributed by atoms with Crippen LogP contribution < -0.4 is 10.6 Å². The highest BCUT2D eigenvalue weighted by Gasteiger charge is 2.40. The molecular weight excluding hydrogens is 438 g/mol. The van der Waals surface area contributed by atoms with Crippen molar-refractivity contribution in [2.45, 2.75) is 49.1 Å². The Morgan fingerprint density at radius 1 is 1.09 bits per heavy atom. The van der Waals surface area contributed by atoms with E-state index < -0.39 is 10.0 Å². The van der Waals surface area contributed by atoms with Crippen molar-refractivity contribution in [1.82, 2.24) is 24.3 Å². The summed E-state index contributed by atoms with van der Waals surface area (Å²) in [6.07, 6.45) is 10.5. The Bertz CT molecular complexity index is 1240. The number of imidazole rings is 1. The van der Waals surface area contributed by atoms with E-state index in [9.17, 15) is 13.2 Å². The van der Waals surface area contributed by atoms with Crippen LogP contribution in [0.25, 0.3) is 5.65 Å². The maximum atomic E-state index is 13.3. The van der Waals surface area contributed by atoms with Crippen LogP contribution in [0.5, 0.6) is 0 Å². The van der Waals surface area contributed by atoms with E-state index in [1.54, 1.807) is 63.7 Å². The van der Waals surface area contributed by atoms with Crippen molar-refractivity contribution in [3.8, 4) is 0 Å². The highest BCUT2D eigenvalue weighted by molar-refractivity contribution is 7.89. The third kappa shape index (κ3) is 4.53. The van der Waals surface area contributed by atoms with E-state index in [2.05, 4.69) is 15.6 Å². The Balaban J connectivity index is 1.23. The molecule has 1 aromatic carbocycles. The largest absolute Gasteiger partial charge is 0.348 e. The number of pyridine rings is 1. The Morgan fingerprint density at radius 2 is 1.91 bits per heavy atom. The average Bonchev–Trinajstić information content (AvgIpc) is 3.31. The van der Waals surface area contributed by atoms with Crippen molar-refractivity contribution >= 4 is 21.6 Å². The highest BCUT2D eigenvalue weighted by Crippen LogP contribution is 2.32. The lowest BCUT2D eigenvalue weighted by Gasteiger charge is -2.45. The number of hydrogen-bond acceptors (Lipinski definition) is 5. The number of carbonyl (C=O) groups excluding carboxylic acids is 1. The molecular formula is C24H29N5O3S. The highest BCUT2D eigenvalue weighted by atomic mass is 32.2. The molecule has 2 aliphatic rings. The van der Waals surface area contributed by atoms with Gasteiger partial charge in [0.25, 0.3) is 5.91 Å². The third-order valence-corrected chi connectivity index (χ3v) is 8.65. The maximum Gasteiger partial charge on any atom is 0.253 e. The Hall–Kier alpha value is -2.75. The van der Waals surface area contributed by atoms with Gasteiger partial charge in [0, 0.05) is 43.8 Å². The molecule has 0 radical (unpaired) electrons. The quantitative estimate of drug-likeness (QED) is 0.601. The number of sulfonamides is 1. The number of carbonyl (C=O) groups is 1. The van der Waals surface area contributed by atoms with Crippen LogP contribution in [0.2, 0.25) is 0 Å². The van der Waals surface area contributed by atoms with E-state index in [1.165, 1.54) is 0 Å². The van der Waals surface area contributed by atoms with E-state index in [-0.39, 0.29) is 11.4 Å². The second-order valence-electron chi connectivity index (χ2n) is 9.04. The fourth-order valence-electron chi connectivity index (χ4n) is 4.94. The van der Waals surface area contributed by atoms with Crippen molar-refractivity contribution < 1.29 is 13.2 Å². The number of nitrogens with zero attached hydrogens (tertiary/aromatic N) is 3. The summed E-state index contributed by atoms with van der Waals surface area (Å²) in [6.45, 7) is 2.38. The minimum absolute atomic E-state index is 0.0759. The molecule has 1 amide bonds. The van der Waals surface area contributed by atoms with Crippen molar-refractivity contribution in [1.29, 1.82) is 0 Å². The van der Waals surface area contributed by atoms with Crippen molar-refractivity contribution in [3.63, 3.8) is 0 Å². The first-order chi connectivity index (χ1) is 16.0. The van der Waals surface area contributed by atoms with Crippen LogP contribution in [-0.4, -0.2) is 53.2 Å². The zero-order valence-electron chi connectivity index (χ0n) is 18.5. The molecule has 1 spiro atoms. The first-order valence-corrected chi connectivity index (χ1v) is 12.9. The van der Waals surface area contributed by atoms with Gasteiger partial charge in [-0.1, -0.05) is 18.6 Å². The van der Waals surface area contributed by atoms with Gasteiger partial charge in [0.05, 0.1) is 10.5 Å². The third-order valence-electron chi connectivity index (χ3n) is 6.79. The van der Waals surface area contributed by atoms with Gasteiger partial charge in [-0.05, 0) is 62.1 Å². The summed E-state index contributed by atoms with van der Waals surface area (Å²) in [5.41, 5.74) is 2.08. The van der Waals surface area contributed by atoms with E-state index >= 15 is 0 Å². The number of amides is 1. The van der Waals surface area contributed by atoms with Gasteiger partial charge in [0.15, 0.2) is 0 Å². The Kier molecular flexibility index (Phi) is 5.94. The van der Waals surface area contributed by atoms with Gasteiger partial charge < -0.3 is 15.0 Å². The summed E-state index contributed by atoms with van der Waals surface area (Å²) in [6, 6.07) is 10.4. The van der Waals surface area contributed by atoms with E-state index in [0.717, 1.165) is 49.9 Å². The molecule has 2 aromatic heterocycles. The normalized spacial score (nSPS) is 21.9. The van der Waals surface area contributed by atoms with Gasteiger partial charge >= 0.3 is 0 Å². The minimum atomic E-state index is -3.55. The van der Waals surface area contributed by atoms with Gasteiger partial charge in [-0.3, -0.25) is 4.79 Å². The molecule has 1 atom stereocenters. The van der Waals surface area contributed by atoms with Crippen molar-refractivity contribution in [3.05, 3.63) is 66.1 Å². The number of hydrogen-bond donors (Lipinski definition) is 2. The fraction of sp³-hybridized carbons (Fsp3) is 0.417. The van der Waals surface area contributed by atoms with Crippen LogP contribution in [0, 0.1) is 0 Å². The summed E-state index contributed by atoms with van der Waals surface area (Å²) in [4.78, 5) is 17.0. The van der Waals surface area contributed by atoms with E-state index in [1.807, 2.05) is 0 Å². The number of benzene rings is 1. The molecule has 2 saturated heterocycles. The minimum Gasteiger partial charge on any atom is -0.348 e. The molecule has 5 rings (SSSR count). The number of fused-ring (bicyclic) bond motifs is 1. The van der Waals surface area contributed by atoms with Crippen LogP contribution in [-0.2, 0) is 16.6 Å². The fourth-order valence-corrected chi connectivity index (χ4v) is 6.51. The molecule has 33 heavy (non-hydrogen) atoms. The lowest BCUT2D eigenvalue weighted by Crippen LogP contribution is -2.59. The van der Waals surface area contributed by atoms with Crippen LogP contribution in [0.4, 0.5) is 0 Å². The lowest BCUT2D eigenvalue weighted by molar-refractivity contribution is 0.0950. The molecule has 8 nitrogen and oxygen atoms in total. The van der Waals surface area contributed by atoms with Crippen LogP contribution in [0.3, 0.4) is 0 Å². The van der Waals surface area contributed by atoms with Crippen LogP contribution in [0.15, 0.2) is 59.9 Å². The zero-order valence-corrected chi connectivity index (χ0v) is 19.4. The lowest BCUT2D eigenvalue weighted by atomic mass is 9.82. The monoisotopic (exact) mass is 467 g/mol. The summed E-state index contributed by atoms with van der Waals surface area (Å²) in [5.74, 6) is -0.194. The molecule has 0 saturated carbocycles. The molecule has 1 unspecified atom stereocenters. The number of aromatic nitrogens is 2. The topological polar surface area (TPSA) is 95.8 Å². The molecule has 174 valence electrons. The predicted molar refractivity (Wildman–Crippen MR) is 125 cm³/mol. The molecule has 0 bridgehead atoms. The van der Waals surface area contributed by atoms with Gasteiger partial charge in [-0.2, -0.15) is 4.31 Å². The average molecular weight is 468 g/mol. The Morgan fingerprint density at radius 3 is 2.70 bits per heavy atom.